The van der Waals surface area contributed by atoms with Crippen LogP contribution in [0.2, 0.25) is 0 Å². The Kier molecular flexibility index (Phi) is 15.8. The largest absolute Gasteiger partial charge is 1.00 e. The van der Waals surface area contributed by atoms with Gasteiger partial charge in [-0.15, -0.1) is 0 Å². The van der Waals surface area contributed by atoms with Crippen LogP contribution >= 0.6 is 0 Å². The van der Waals surface area contributed by atoms with Gasteiger partial charge in [0.1, 0.15) is 10.1 Å². The SMILES string of the molecule is Cc1c(C(=O)[O-])cc(C(=O)[O-])c(C)c1S(=O)(=O)[O-].[K+].[K+].[K+]. The van der Waals surface area contributed by atoms with Gasteiger partial charge in [-0.1, -0.05) is 0 Å². The van der Waals surface area contributed by atoms with Gasteiger partial charge in [0.15, 0.2) is 0 Å². The number of carbonyl (C=O) groups excluding carboxylic acids is 2. The zero-order chi connectivity index (χ0) is 14.2. The first-order chi connectivity index (χ1) is 8.07. The van der Waals surface area contributed by atoms with Crippen molar-refractivity contribution in [2.24, 2.45) is 0 Å². The topological polar surface area (TPSA) is 137 Å². The van der Waals surface area contributed by atoms with E-state index >= 15 is 0 Å². The summed E-state index contributed by atoms with van der Waals surface area (Å²) in [6.07, 6.45) is 0. The minimum Gasteiger partial charge on any atom is -0.744 e. The zero-order valence-corrected chi connectivity index (χ0v) is 22.5. The number of rotatable bonds is 3. The van der Waals surface area contributed by atoms with E-state index < -0.39 is 38.1 Å². The number of hydrogen-bond donors (Lipinski definition) is 0. The Bertz CT molecular complexity index is 617. The number of carboxylic acid groups (broad SMARTS) is 2. The molecule has 0 aliphatic carbocycles. The average molecular weight is 389 g/mol. The number of carbonyl (C=O) groups is 2. The Labute approximate surface area is 249 Å². The molecule has 0 spiro atoms. The summed E-state index contributed by atoms with van der Waals surface area (Å²) in [6, 6.07) is 0.712. The van der Waals surface area contributed by atoms with Crippen molar-refractivity contribution in [1.29, 1.82) is 0 Å². The standard InChI is InChI=1S/C10H10O7S.3K/c1-4-6(9(11)12)3-7(10(13)14)5(2)8(4)18(15,16)17;;;/h3H,1-2H3,(H,11,12)(H,13,14)(H,15,16,17);;;/q;3*+1/p-3. The van der Waals surface area contributed by atoms with Gasteiger partial charge in [0.05, 0.1) is 16.8 Å². The quantitative estimate of drug-likeness (QED) is 0.370. The van der Waals surface area contributed by atoms with E-state index in [1.165, 1.54) is 0 Å². The van der Waals surface area contributed by atoms with Crippen molar-refractivity contribution in [2.45, 2.75) is 18.7 Å². The summed E-state index contributed by atoms with van der Waals surface area (Å²) in [5.41, 5.74) is -2.05. The summed E-state index contributed by atoms with van der Waals surface area (Å²) in [7, 11) is -5.01. The molecular weight excluding hydrogens is 381 g/mol. The van der Waals surface area contributed by atoms with Crippen LogP contribution in [0.1, 0.15) is 31.8 Å². The van der Waals surface area contributed by atoms with Crippen LogP contribution in [-0.2, 0) is 10.1 Å². The fraction of sp³-hybridized carbons (Fsp3) is 0.200. The molecule has 0 bridgehead atoms. The molecule has 11 heteroatoms. The Hall–Kier alpha value is 2.98. The number of aromatic carboxylic acids is 2. The molecule has 1 aromatic carbocycles. The van der Waals surface area contributed by atoms with E-state index in [0.29, 0.717) is 6.07 Å². The van der Waals surface area contributed by atoms with Gasteiger partial charge >= 0.3 is 154 Å². The molecule has 0 aliphatic rings. The first-order valence-electron chi connectivity index (χ1n) is 4.60. The molecule has 0 unspecified atom stereocenters. The fourth-order valence-corrected chi connectivity index (χ4v) is 2.66. The monoisotopic (exact) mass is 388 g/mol. The van der Waals surface area contributed by atoms with Gasteiger partial charge in [0.2, 0.25) is 0 Å². The molecule has 0 fully saturated rings. The van der Waals surface area contributed by atoms with Gasteiger partial charge < -0.3 is 24.4 Å². The van der Waals surface area contributed by atoms with Crippen LogP contribution in [0.3, 0.4) is 0 Å². The molecule has 0 aromatic heterocycles. The van der Waals surface area contributed by atoms with Crippen LogP contribution in [0.25, 0.3) is 0 Å². The zero-order valence-electron chi connectivity index (χ0n) is 12.3. The third-order valence-electron chi connectivity index (χ3n) is 2.47. The third kappa shape index (κ3) is 7.40. The summed E-state index contributed by atoms with van der Waals surface area (Å²) >= 11 is 0. The smallest absolute Gasteiger partial charge is 0.744 e. The molecular formula is C10H7K3O7S. The average Bonchev–Trinajstić information content (AvgIpc) is 2.13. The summed E-state index contributed by atoms with van der Waals surface area (Å²) in [5.74, 6) is -3.56. The van der Waals surface area contributed by atoms with Crippen molar-refractivity contribution in [3.05, 3.63) is 28.3 Å². The van der Waals surface area contributed by atoms with E-state index in [0.717, 1.165) is 13.8 Å². The van der Waals surface area contributed by atoms with Crippen molar-refractivity contribution in [1.82, 2.24) is 0 Å². The van der Waals surface area contributed by atoms with E-state index in [-0.39, 0.29) is 165 Å². The van der Waals surface area contributed by atoms with Crippen molar-refractivity contribution in [3.8, 4) is 0 Å². The first-order valence-corrected chi connectivity index (χ1v) is 6.01. The minimum absolute atomic E-state index is 0. The minimum atomic E-state index is -5.01. The molecule has 0 saturated heterocycles. The molecule has 0 radical (unpaired) electrons. The predicted octanol–water partition coefficient (Wildman–Crippen LogP) is -11.1. The van der Waals surface area contributed by atoms with Crippen LogP contribution in [0.5, 0.6) is 0 Å². The maximum absolute atomic E-state index is 11.0. The molecule has 1 aromatic rings. The molecule has 21 heavy (non-hydrogen) atoms. The molecule has 98 valence electrons. The van der Waals surface area contributed by atoms with Crippen LogP contribution in [-0.4, -0.2) is 24.9 Å². The summed E-state index contributed by atoms with van der Waals surface area (Å²) < 4.78 is 33.1. The van der Waals surface area contributed by atoms with E-state index in [9.17, 15) is 32.8 Å². The van der Waals surface area contributed by atoms with Gasteiger partial charge in [-0.3, -0.25) is 0 Å². The maximum atomic E-state index is 11.0. The molecule has 0 aliphatic heterocycles. The third-order valence-corrected chi connectivity index (χ3v) is 3.58. The van der Waals surface area contributed by atoms with Gasteiger partial charge in [0.25, 0.3) is 0 Å². The second-order valence-corrected chi connectivity index (χ2v) is 4.90. The van der Waals surface area contributed by atoms with Crippen molar-refractivity contribution in [3.63, 3.8) is 0 Å². The number of hydrogen-bond acceptors (Lipinski definition) is 7. The van der Waals surface area contributed by atoms with Crippen molar-refractivity contribution in [2.75, 3.05) is 0 Å². The van der Waals surface area contributed by atoms with Crippen LogP contribution in [0.15, 0.2) is 11.0 Å². The second-order valence-electron chi connectivity index (χ2n) is 3.58. The molecule has 0 atom stereocenters. The van der Waals surface area contributed by atoms with Gasteiger partial charge in [-0.05, 0) is 31.0 Å². The molecule has 0 N–H and O–H groups in total. The second kappa shape index (κ2) is 11.6. The van der Waals surface area contributed by atoms with E-state index in [1.54, 1.807) is 0 Å². The van der Waals surface area contributed by atoms with E-state index in [2.05, 4.69) is 0 Å². The van der Waals surface area contributed by atoms with Crippen molar-refractivity contribution < 1.29 is 187 Å². The molecule has 1 rings (SSSR count). The maximum Gasteiger partial charge on any atom is 1.00 e. The molecule has 0 amide bonds. The van der Waals surface area contributed by atoms with E-state index in [4.69, 9.17) is 0 Å². The summed E-state index contributed by atoms with van der Waals surface area (Å²) in [5, 5.41) is 21.5. The van der Waals surface area contributed by atoms with Crippen LogP contribution in [0.4, 0.5) is 0 Å². The predicted molar refractivity (Wildman–Crippen MR) is 52.5 cm³/mol. The Morgan fingerprint density at radius 2 is 1.19 bits per heavy atom. The summed E-state index contributed by atoms with van der Waals surface area (Å²) in [4.78, 5) is 20.7. The van der Waals surface area contributed by atoms with E-state index in [1.807, 2.05) is 0 Å². The Morgan fingerprint density at radius 1 is 0.905 bits per heavy atom. The van der Waals surface area contributed by atoms with Gasteiger partial charge in [0, 0.05) is 11.1 Å². The molecule has 0 heterocycles. The fourth-order valence-electron chi connectivity index (χ4n) is 1.69. The van der Waals surface area contributed by atoms with Gasteiger partial charge in [-0.2, -0.15) is 0 Å². The van der Waals surface area contributed by atoms with Crippen molar-refractivity contribution >= 4 is 22.1 Å². The number of benzene rings is 1. The van der Waals surface area contributed by atoms with Crippen LogP contribution < -0.4 is 164 Å². The van der Waals surface area contributed by atoms with Gasteiger partial charge in [-0.25, -0.2) is 8.42 Å². The summed E-state index contributed by atoms with van der Waals surface area (Å²) in [6.45, 7) is 2.17. The molecule has 0 saturated carbocycles. The Morgan fingerprint density at radius 3 is 1.38 bits per heavy atom. The normalized spacial score (nSPS) is 9.67. The first kappa shape index (κ1) is 28.8. The number of carboxylic acids is 2. The van der Waals surface area contributed by atoms with Crippen LogP contribution in [0, 0.1) is 13.8 Å². The Balaban J connectivity index is -0.00000108. The molecule has 7 nitrogen and oxygen atoms in total.